The van der Waals surface area contributed by atoms with Crippen molar-refractivity contribution in [3.8, 4) is 11.1 Å². The molecule has 1 atom stereocenters. The topological polar surface area (TPSA) is 111 Å². The van der Waals surface area contributed by atoms with E-state index in [0.717, 1.165) is 16.7 Å². The molecule has 1 unspecified atom stereocenters. The molecule has 3 N–H and O–H groups in total. The molecule has 2 heterocycles. The molecule has 2 aromatic heterocycles. The summed E-state index contributed by atoms with van der Waals surface area (Å²) < 4.78 is 5.48. The number of anilines is 1. The van der Waals surface area contributed by atoms with Crippen LogP contribution in [0.5, 0.6) is 0 Å². The molecule has 0 fully saturated rings. The lowest BCUT2D eigenvalue weighted by molar-refractivity contribution is 0.0689. The number of hydrogen-bond donors (Lipinski definition) is 2. The summed E-state index contributed by atoms with van der Waals surface area (Å²) in [6.07, 6.45) is 4.53. The molecular weight excluding hydrogens is 366 g/mol. The molecule has 154 valence electrons. The van der Waals surface area contributed by atoms with Crippen molar-refractivity contribution in [3.63, 3.8) is 0 Å². The molecular formula is C22H29N5O2. The number of aliphatic hydroxyl groups is 1. The molecule has 0 saturated carbocycles. The van der Waals surface area contributed by atoms with Crippen LogP contribution in [0.25, 0.3) is 11.1 Å². The number of nitrogens with zero attached hydrogens (tertiary/aromatic N) is 4. The van der Waals surface area contributed by atoms with Gasteiger partial charge in [0.25, 0.3) is 0 Å². The van der Waals surface area contributed by atoms with E-state index < -0.39 is 11.0 Å². The molecule has 7 nitrogen and oxygen atoms in total. The molecule has 0 radical (unpaired) electrons. The molecule has 0 bridgehead atoms. The Bertz CT molecular complexity index is 943. The molecule has 0 aliphatic heterocycles. The molecule has 0 saturated heterocycles. The second kappa shape index (κ2) is 7.91. The number of aryl methyl sites for hydroxylation is 1. The maximum absolute atomic E-state index is 9.94. The number of aromatic nitrogens is 4. The summed E-state index contributed by atoms with van der Waals surface area (Å²) >= 11 is 0. The Labute approximate surface area is 171 Å². The Balaban J connectivity index is 1.88. The van der Waals surface area contributed by atoms with Gasteiger partial charge in [0, 0.05) is 24.4 Å². The van der Waals surface area contributed by atoms with E-state index in [1.807, 2.05) is 12.1 Å². The van der Waals surface area contributed by atoms with Crippen molar-refractivity contribution in [1.82, 2.24) is 20.1 Å². The van der Waals surface area contributed by atoms with Crippen molar-refractivity contribution < 1.29 is 9.63 Å². The van der Waals surface area contributed by atoms with E-state index in [4.69, 9.17) is 10.3 Å². The third kappa shape index (κ3) is 4.62. The smallest absolute Gasteiger partial charge is 0.226 e. The van der Waals surface area contributed by atoms with Crippen LogP contribution in [-0.4, -0.2) is 30.8 Å². The summed E-state index contributed by atoms with van der Waals surface area (Å²) in [4.78, 5) is 12.8. The minimum Gasteiger partial charge on any atom is -0.390 e. The van der Waals surface area contributed by atoms with Crippen molar-refractivity contribution >= 4 is 5.95 Å². The first-order valence-electron chi connectivity index (χ1n) is 9.83. The summed E-state index contributed by atoms with van der Waals surface area (Å²) in [6.45, 7) is 9.97. The highest BCUT2D eigenvalue weighted by Gasteiger charge is 2.37. The largest absolute Gasteiger partial charge is 0.390 e. The molecule has 0 spiro atoms. The fourth-order valence-corrected chi connectivity index (χ4v) is 3.20. The van der Waals surface area contributed by atoms with Crippen LogP contribution in [0.2, 0.25) is 0 Å². The highest BCUT2D eigenvalue weighted by molar-refractivity contribution is 5.62. The first-order valence-corrected chi connectivity index (χ1v) is 9.83. The van der Waals surface area contributed by atoms with Crippen LogP contribution in [0.3, 0.4) is 0 Å². The van der Waals surface area contributed by atoms with Crippen molar-refractivity contribution in [2.75, 3.05) is 5.73 Å². The number of hydrogen-bond acceptors (Lipinski definition) is 7. The summed E-state index contributed by atoms with van der Waals surface area (Å²) in [7, 11) is 0. The highest BCUT2D eigenvalue weighted by atomic mass is 16.5. The van der Waals surface area contributed by atoms with Crippen LogP contribution in [0, 0.1) is 5.92 Å². The van der Waals surface area contributed by atoms with Gasteiger partial charge in [-0.25, -0.2) is 9.97 Å². The Morgan fingerprint density at radius 3 is 2.21 bits per heavy atom. The van der Waals surface area contributed by atoms with Crippen molar-refractivity contribution in [3.05, 3.63) is 53.9 Å². The molecule has 0 aliphatic rings. The first-order chi connectivity index (χ1) is 13.6. The van der Waals surface area contributed by atoms with Gasteiger partial charge in [-0.2, -0.15) is 4.98 Å². The van der Waals surface area contributed by atoms with Gasteiger partial charge in [0.2, 0.25) is 11.8 Å². The molecule has 0 amide bonds. The third-order valence-electron chi connectivity index (χ3n) is 5.53. The van der Waals surface area contributed by atoms with Crippen molar-refractivity contribution in [1.29, 1.82) is 0 Å². The summed E-state index contributed by atoms with van der Waals surface area (Å²) in [5.74, 6) is 1.70. The number of nitrogen functional groups attached to an aromatic ring is 1. The molecule has 3 aromatic rings. The van der Waals surface area contributed by atoms with Crippen LogP contribution in [-0.2, 0) is 11.8 Å². The van der Waals surface area contributed by atoms with Gasteiger partial charge in [-0.05, 0) is 44.2 Å². The fraction of sp³-hybridized carbons (Fsp3) is 0.455. The SMILES string of the molecule is CC(C)C(C)(c1ccc(-c2cnc(N)nc2)cc1)c1noc(CCC(C)(C)O)n1. The zero-order valence-electron chi connectivity index (χ0n) is 17.7. The zero-order chi connectivity index (χ0) is 21.2. The van der Waals surface area contributed by atoms with Gasteiger partial charge >= 0.3 is 0 Å². The second-order valence-electron chi connectivity index (χ2n) is 8.59. The normalized spacial score (nSPS) is 14.2. The van der Waals surface area contributed by atoms with E-state index >= 15 is 0 Å². The number of rotatable bonds is 7. The van der Waals surface area contributed by atoms with E-state index in [1.165, 1.54) is 0 Å². The maximum Gasteiger partial charge on any atom is 0.226 e. The van der Waals surface area contributed by atoms with Gasteiger partial charge in [0.05, 0.1) is 11.0 Å². The lowest BCUT2D eigenvalue weighted by atomic mass is 9.72. The van der Waals surface area contributed by atoms with Crippen LogP contribution >= 0.6 is 0 Å². The lowest BCUT2D eigenvalue weighted by Crippen LogP contribution is -2.31. The van der Waals surface area contributed by atoms with Crippen molar-refractivity contribution in [2.45, 2.75) is 58.5 Å². The predicted molar refractivity (Wildman–Crippen MR) is 112 cm³/mol. The van der Waals surface area contributed by atoms with Gasteiger partial charge in [-0.3, -0.25) is 0 Å². The highest BCUT2D eigenvalue weighted by Crippen LogP contribution is 2.38. The molecule has 29 heavy (non-hydrogen) atoms. The van der Waals surface area contributed by atoms with Crippen molar-refractivity contribution in [2.24, 2.45) is 5.92 Å². The molecule has 1 aromatic carbocycles. The Morgan fingerprint density at radius 1 is 1.03 bits per heavy atom. The minimum atomic E-state index is -0.766. The molecule has 3 rings (SSSR count). The van der Waals surface area contributed by atoms with Gasteiger partial charge in [0.1, 0.15) is 0 Å². The Kier molecular flexibility index (Phi) is 5.71. The minimum absolute atomic E-state index is 0.243. The number of benzene rings is 1. The van der Waals surface area contributed by atoms with Gasteiger partial charge in [0.15, 0.2) is 5.82 Å². The first kappa shape index (κ1) is 20.9. The van der Waals surface area contributed by atoms with Crippen LogP contribution in [0.15, 0.2) is 41.2 Å². The number of nitrogens with two attached hydrogens (primary N) is 1. The standard InChI is InChI=1S/C22H29N5O2/c1-14(2)22(5,19-26-18(29-27-19)10-11-21(3,4)28)17-8-6-15(7-9-17)16-12-24-20(23)25-13-16/h6-9,12-14,28H,10-11H2,1-5H3,(H2,23,24,25). The monoisotopic (exact) mass is 395 g/mol. The zero-order valence-corrected chi connectivity index (χ0v) is 17.7. The maximum atomic E-state index is 9.94. The summed E-state index contributed by atoms with van der Waals surface area (Å²) in [5, 5.41) is 14.2. The molecule has 0 aliphatic carbocycles. The summed E-state index contributed by atoms with van der Waals surface area (Å²) in [5.41, 5.74) is 7.42. The van der Waals surface area contributed by atoms with E-state index in [0.29, 0.717) is 24.6 Å². The average Bonchev–Trinajstić information content (AvgIpc) is 3.15. The van der Waals surface area contributed by atoms with Gasteiger partial charge in [-0.1, -0.05) is 43.3 Å². The Hall–Kier alpha value is -2.80. The third-order valence-corrected chi connectivity index (χ3v) is 5.53. The van der Waals surface area contributed by atoms with Crippen LogP contribution in [0.4, 0.5) is 5.95 Å². The predicted octanol–water partition coefficient (Wildman–Crippen LogP) is 3.77. The second-order valence-corrected chi connectivity index (χ2v) is 8.59. The van der Waals surface area contributed by atoms with E-state index in [-0.39, 0.29) is 11.9 Å². The summed E-state index contributed by atoms with van der Waals surface area (Å²) in [6, 6.07) is 8.25. The average molecular weight is 396 g/mol. The quantitative estimate of drug-likeness (QED) is 0.626. The van der Waals surface area contributed by atoms with Gasteiger partial charge < -0.3 is 15.4 Å². The van der Waals surface area contributed by atoms with Crippen LogP contribution < -0.4 is 5.73 Å². The van der Waals surface area contributed by atoms with E-state index in [9.17, 15) is 5.11 Å². The Morgan fingerprint density at radius 2 is 1.66 bits per heavy atom. The van der Waals surface area contributed by atoms with E-state index in [1.54, 1.807) is 26.2 Å². The van der Waals surface area contributed by atoms with Crippen LogP contribution in [0.1, 0.15) is 58.3 Å². The lowest BCUT2D eigenvalue weighted by Gasteiger charge is -2.31. The van der Waals surface area contributed by atoms with E-state index in [2.05, 4.69) is 53.0 Å². The van der Waals surface area contributed by atoms with Gasteiger partial charge in [-0.15, -0.1) is 0 Å². The fourth-order valence-electron chi connectivity index (χ4n) is 3.20. The molecule has 7 heteroatoms.